The van der Waals surface area contributed by atoms with Crippen LogP contribution in [-0.4, -0.2) is 34.4 Å². The highest BCUT2D eigenvalue weighted by atomic mass is 16.2. The summed E-state index contributed by atoms with van der Waals surface area (Å²) in [4.78, 5) is 31.4. The van der Waals surface area contributed by atoms with Crippen molar-refractivity contribution >= 4 is 12.1 Å². The van der Waals surface area contributed by atoms with E-state index in [4.69, 9.17) is 0 Å². The van der Waals surface area contributed by atoms with Crippen LogP contribution in [-0.2, 0) is 26.2 Å². The van der Waals surface area contributed by atoms with Crippen molar-refractivity contribution in [1.29, 1.82) is 0 Å². The van der Waals surface area contributed by atoms with E-state index in [0.29, 0.717) is 32.7 Å². The maximum absolute atomic E-state index is 13.9. The van der Waals surface area contributed by atoms with Gasteiger partial charge in [-0.3, -0.25) is 0 Å². The highest BCUT2D eigenvalue weighted by Gasteiger charge is 2.42. The summed E-state index contributed by atoms with van der Waals surface area (Å²) in [5, 5.41) is 6.71. The van der Waals surface area contributed by atoms with E-state index in [-0.39, 0.29) is 28.9 Å². The second-order valence-electron chi connectivity index (χ2n) is 14.0. The molecule has 4 aromatic carbocycles. The molecular weight excluding hydrogens is 568 g/mol. The fraction of sp³-hybridized carbons (Fsp3) is 0.350. The lowest BCUT2D eigenvalue weighted by molar-refractivity contribution is 0.0701. The fourth-order valence-corrected chi connectivity index (χ4v) is 7.15. The zero-order valence-corrected chi connectivity index (χ0v) is 27.5. The predicted molar refractivity (Wildman–Crippen MR) is 186 cm³/mol. The summed E-state index contributed by atoms with van der Waals surface area (Å²) in [5.74, 6) is 0. The number of nitrogens with one attached hydrogen (secondary N) is 2. The standard InChI is InChI=1S/C40H48N4O2/c1-39(2)24-36(42-38(46)44(28-34-20-12-6-13-21-34)29-35-22-14-7-15-23-35)25-40(3,30-39)31-41-37(45)43(26-32-16-8-4-9-17-32)27-33-18-10-5-11-19-33/h4-23,36H,24-31H2,1-3H3,(H,41,45)(H,42,46)/t36-,40+/m1/s1. The summed E-state index contributed by atoms with van der Waals surface area (Å²) in [6.07, 6.45) is 2.65. The molecule has 2 N–H and O–H groups in total. The third kappa shape index (κ3) is 9.71. The molecule has 46 heavy (non-hydrogen) atoms. The minimum Gasteiger partial charge on any atom is -0.337 e. The van der Waals surface area contributed by atoms with E-state index < -0.39 is 0 Å². The van der Waals surface area contributed by atoms with Crippen molar-refractivity contribution in [3.63, 3.8) is 0 Å². The minimum atomic E-state index is -0.176. The van der Waals surface area contributed by atoms with Crippen LogP contribution in [0.4, 0.5) is 9.59 Å². The van der Waals surface area contributed by atoms with Gasteiger partial charge >= 0.3 is 12.1 Å². The molecule has 6 heteroatoms. The van der Waals surface area contributed by atoms with E-state index in [1.165, 1.54) is 0 Å². The Morgan fingerprint density at radius 1 is 0.587 bits per heavy atom. The Morgan fingerprint density at radius 3 is 1.35 bits per heavy atom. The summed E-state index contributed by atoms with van der Waals surface area (Å²) in [7, 11) is 0. The van der Waals surface area contributed by atoms with E-state index in [1.807, 2.05) is 82.6 Å². The molecule has 0 aliphatic heterocycles. The highest BCUT2D eigenvalue weighted by Crippen LogP contribution is 2.46. The summed E-state index contributed by atoms with van der Waals surface area (Å²) in [6, 6.07) is 40.4. The molecule has 1 fully saturated rings. The summed E-state index contributed by atoms with van der Waals surface area (Å²) >= 11 is 0. The average Bonchev–Trinajstić information content (AvgIpc) is 3.04. The molecular formula is C40H48N4O2. The first kappa shape index (κ1) is 32.8. The number of amides is 4. The number of hydrogen-bond acceptors (Lipinski definition) is 2. The van der Waals surface area contributed by atoms with Gasteiger partial charge in [-0.15, -0.1) is 0 Å². The maximum Gasteiger partial charge on any atom is 0.318 e. The van der Waals surface area contributed by atoms with Crippen LogP contribution in [0.2, 0.25) is 0 Å². The third-order valence-corrected chi connectivity index (χ3v) is 8.88. The maximum atomic E-state index is 13.9. The Hall–Kier alpha value is -4.58. The minimum absolute atomic E-state index is 0.00283. The molecule has 0 bridgehead atoms. The van der Waals surface area contributed by atoms with Crippen molar-refractivity contribution < 1.29 is 9.59 Å². The van der Waals surface area contributed by atoms with Gasteiger partial charge in [0.1, 0.15) is 0 Å². The molecule has 5 rings (SSSR count). The summed E-state index contributed by atoms with van der Waals surface area (Å²) in [5.41, 5.74) is 4.22. The first-order valence-electron chi connectivity index (χ1n) is 16.4. The largest absolute Gasteiger partial charge is 0.337 e. The predicted octanol–water partition coefficient (Wildman–Crippen LogP) is 8.40. The van der Waals surface area contributed by atoms with E-state index in [0.717, 1.165) is 41.5 Å². The summed E-state index contributed by atoms with van der Waals surface area (Å²) < 4.78 is 0. The number of rotatable bonds is 11. The van der Waals surface area contributed by atoms with Crippen LogP contribution in [0, 0.1) is 10.8 Å². The van der Waals surface area contributed by atoms with Crippen molar-refractivity contribution in [3.8, 4) is 0 Å². The Bertz CT molecular complexity index is 1450. The summed E-state index contributed by atoms with van der Waals surface area (Å²) in [6.45, 7) is 9.45. The van der Waals surface area contributed by atoms with Crippen molar-refractivity contribution in [2.75, 3.05) is 6.54 Å². The number of hydrogen-bond donors (Lipinski definition) is 2. The van der Waals surface area contributed by atoms with Crippen molar-refractivity contribution in [3.05, 3.63) is 144 Å². The fourth-order valence-electron chi connectivity index (χ4n) is 7.15. The van der Waals surface area contributed by atoms with Gasteiger partial charge in [0, 0.05) is 38.8 Å². The molecule has 1 aliphatic carbocycles. The van der Waals surface area contributed by atoms with Crippen LogP contribution in [0.5, 0.6) is 0 Å². The average molecular weight is 617 g/mol. The van der Waals surface area contributed by atoms with Gasteiger partial charge in [-0.25, -0.2) is 9.59 Å². The molecule has 0 aromatic heterocycles. The number of carbonyl (C=O) groups is 2. The monoisotopic (exact) mass is 616 g/mol. The molecule has 240 valence electrons. The van der Waals surface area contributed by atoms with Crippen molar-refractivity contribution in [2.24, 2.45) is 10.8 Å². The van der Waals surface area contributed by atoms with Crippen LogP contribution < -0.4 is 10.6 Å². The Labute approximate surface area is 274 Å². The number of urea groups is 2. The lowest BCUT2D eigenvalue weighted by Gasteiger charge is -2.47. The van der Waals surface area contributed by atoms with Gasteiger partial charge in [-0.1, -0.05) is 142 Å². The van der Waals surface area contributed by atoms with Crippen LogP contribution in [0.1, 0.15) is 62.3 Å². The first-order valence-corrected chi connectivity index (χ1v) is 16.4. The normalized spacial score (nSPS) is 18.7. The Balaban J connectivity index is 1.26. The number of carbonyl (C=O) groups excluding carboxylic acids is 2. The van der Waals surface area contributed by atoms with Gasteiger partial charge in [0.25, 0.3) is 0 Å². The molecule has 4 aromatic rings. The molecule has 1 aliphatic rings. The SMILES string of the molecule is CC1(C)C[C@@H](NC(=O)N(Cc2ccccc2)Cc2ccccc2)C[C@](C)(CNC(=O)N(Cc2ccccc2)Cc2ccccc2)C1. The molecule has 0 saturated heterocycles. The van der Waals surface area contributed by atoms with E-state index in [2.05, 4.69) is 79.9 Å². The van der Waals surface area contributed by atoms with E-state index in [1.54, 1.807) is 0 Å². The van der Waals surface area contributed by atoms with Crippen LogP contribution >= 0.6 is 0 Å². The Morgan fingerprint density at radius 2 is 0.957 bits per heavy atom. The van der Waals surface area contributed by atoms with E-state index in [9.17, 15) is 9.59 Å². The highest BCUT2D eigenvalue weighted by molar-refractivity contribution is 5.75. The third-order valence-electron chi connectivity index (χ3n) is 8.88. The lowest BCUT2D eigenvalue weighted by atomic mass is 9.62. The second kappa shape index (κ2) is 15.1. The molecule has 6 nitrogen and oxygen atoms in total. The smallest absolute Gasteiger partial charge is 0.318 e. The topological polar surface area (TPSA) is 64.7 Å². The van der Waals surface area contributed by atoms with Gasteiger partial charge in [-0.05, 0) is 52.3 Å². The molecule has 2 atom stereocenters. The number of benzene rings is 4. The van der Waals surface area contributed by atoms with E-state index >= 15 is 0 Å². The zero-order chi connectivity index (χ0) is 32.4. The zero-order valence-electron chi connectivity index (χ0n) is 27.5. The molecule has 0 unspecified atom stereocenters. The first-order chi connectivity index (χ1) is 22.2. The van der Waals surface area contributed by atoms with Crippen LogP contribution in [0.25, 0.3) is 0 Å². The number of nitrogens with zero attached hydrogens (tertiary/aromatic N) is 2. The van der Waals surface area contributed by atoms with Gasteiger partial charge in [0.15, 0.2) is 0 Å². The van der Waals surface area contributed by atoms with Crippen molar-refractivity contribution in [1.82, 2.24) is 20.4 Å². The second-order valence-corrected chi connectivity index (χ2v) is 14.0. The lowest BCUT2D eigenvalue weighted by Crippen LogP contribution is -2.53. The van der Waals surface area contributed by atoms with Gasteiger partial charge in [0.05, 0.1) is 0 Å². The van der Waals surface area contributed by atoms with Crippen LogP contribution in [0.3, 0.4) is 0 Å². The molecule has 4 amide bonds. The molecule has 0 radical (unpaired) electrons. The van der Waals surface area contributed by atoms with Gasteiger partial charge in [0.2, 0.25) is 0 Å². The Kier molecular flexibility index (Phi) is 10.8. The van der Waals surface area contributed by atoms with Gasteiger partial charge < -0.3 is 20.4 Å². The molecule has 0 spiro atoms. The van der Waals surface area contributed by atoms with Gasteiger partial charge in [-0.2, -0.15) is 0 Å². The quantitative estimate of drug-likeness (QED) is 0.178. The molecule has 1 saturated carbocycles. The van der Waals surface area contributed by atoms with Crippen molar-refractivity contribution in [2.45, 2.75) is 72.3 Å². The molecule has 0 heterocycles. The van der Waals surface area contributed by atoms with Crippen LogP contribution in [0.15, 0.2) is 121 Å².